The highest BCUT2D eigenvalue weighted by molar-refractivity contribution is 8.19. The van der Waals surface area contributed by atoms with E-state index in [1.54, 1.807) is 12.1 Å². The van der Waals surface area contributed by atoms with Gasteiger partial charge in [-0.1, -0.05) is 48.5 Å². The summed E-state index contributed by atoms with van der Waals surface area (Å²) in [6.45, 7) is 4.56. The third-order valence-electron chi connectivity index (χ3n) is 5.91. The third kappa shape index (κ3) is 4.66. The van der Waals surface area contributed by atoms with Crippen molar-refractivity contribution >= 4 is 34.7 Å². The molecule has 5 rings (SSSR count). The molecule has 0 atom stereocenters. The molecule has 1 aromatic heterocycles. The van der Waals surface area contributed by atoms with Crippen LogP contribution >= 0.6 is 11.8 Å². The van der Waals surface area contributed by atoms with Gasteiger partial charge in [0.2, 0.25) is 0 Å². The van der Waals surface area contributed by atoms with Crippen LogP contribution in [0.15, 0.2) is 95.9 Å². The summed E-state index contributed by atoms with van der Waals surface area (Å²) in [6, 6.07) is 29.1. The van der Waals surface area contributed by atoms with Crippen LogP contribution in [-0.4, -0.2) is 15.7 Å². The van der Waals surface area contributed by atoms with Crippen molar-refractivity contribution in [3.05, 3.63) is 118 Å². The van der Waals surface area contributed by atoms with Crippen molar-refractivity contribution in [1.29, 1.82) is 0 Å². The lowest BCUT2D eigenvalue weighted by atomic mass is 10.2. The topological polar surface area (TPSA) is 51.5 Å². The molecule has 5 nitrogen and oxygen atoms in total. The number of anilines is 1. The molecule has 0 radical (unpaired) electrons. The average Bonchev–Trinajstić information content (AvgIpc) is 3.32. The number of hydrogen-bond donors (Lipinski definition) is 0. The molecule has 0 aliphatic carbocycles. The zero-order chi connectivity index (χ0) is 24.4. The zero-order valence-corrected chi connectivity index (χ0v) is 20.3. The van der Waals surface area contributed by atoms with Crippen molar-refractivity contribution in [2.24, 2.45) is 0 Å². The highest BCUT2D eigenvalue weighted by atomic mass is 32.2. The van der Waals surface area contributed by atoms with E-state index >= 15 is 0 Å². The highest BCUT2D eigenvalue weighted by Gasteiger charge is 2.36. The van der Waals surface area contributed by atoms with E-state index in [9.17, 15) is 9.59 Å². The van der Waals surface area contributed by atoms with Gasteiger partial charge in [-0.05, 0) is 85.3 Å². The molecule has 1 saturated heterocycles. The quantitative estimate of drug-likeness (QED) is 0.281. The van der Waals surface area contributed by atoms with Gasteiger partial charge in [-0.2, -0.15) is 0 Å². The molecular weight excluding hydrogens is 456 g/mol. The van der Waals surface area contributed by atoms with Crippen LogP contribution in [0, 0.1) is 13.8 Å². The van der Waals surface area contributed by atoms with E-state index in [2.05, 4.69) is 4.57 Å². The van der Waals surface area contributed by atoms with E-state index in [1.165, 1.54) is 4.90 Å². The smallest absolute Gasteiger partial charge is 0.298 e. The molecule has 35 heavy (non-hydrogen) atoms. The maximum Gasteiger partial charge on any atom is 0.298 e. The van der Waals surface area contributed by atoms with Crippen molar-refractivity contribution in [3.8, 4) is 11.4 Å². The number of thioether (sulfide) groups is 1. The van der Waals surface area contributed by atoms with E-state index in [4.69, 9.17) is 4.74 Å². The molecule has 3 aromatic carbocycles. The summed E-state index contributed by atoms with van der Waals surface area (Å²) < 4.78 is 8.04. The predicted octanol–water partition coefficient (Wildman–Crippen LogP) is 6.91. The summed E-state index contributed by atoms with van der Waals surface area (Å²) in [5.41, 5.74) is 5.64. The normalized spacial score (nSPS) is 14.7. The van der Waals surface area contributed by atoms with Crippen LogP contribution < -0.4 is 9.64 Å². The minimum absolute atomic E-state index is 0.285. The maximum absolute atomic E-state index is 13.0. The maximum atomic E-state index is 13.0. The van der Waals surface area contributed by atoms with Crippen molar-refractivity contribution in [3.63, 3.8) is 0 Å². The Morgan fingerprint density at radius 2 is 1.49 bits per heavy atom. The van der Waals surface area contributed by atoms with Crippen molar-refractivity contribution in [2.45, 2.75) is 20.5 Å². The van der Waals surface area contributed by atoms with Gasteiger partial charge in [0.1, 0.15) is 12.4 Å². The van der Waals surface area contributed by atoms with E-state index in [0.717, 1.165) is 45.7 Å². The number of imide groups is 1. The lowest BCUT2D eigenvalue weighted by molar-refractivity contribution is -0.113. The Labute approximate surface area is 208 Å². The number of nitrogens with zero attached hydrogens (tertiary/aromatic N) is 2. The number of aromatic nitrogens is 1. The fraction of sp³-hybridized carbons (Fsp3) is 0.103. The summed E-state index contributed by atoms with van der Waals surface area (Å²) in [5.74, 6) is 0.505. The lowest BCUT2D eigenvalue weighted by Crippen LogP contribution is -2.27. The molecule has 1 fully saturated rings. The summed E-state index contributed by atoms with van der Waals surface area (Å²) in [5, 5.41) is -0.285. The molecule has 1 aliphatic rings. The molecule has 174 valence electrons. The third-order valence-corrected chi connectivity index (χ3v) is 6.78. The summed E-state index contributed by atoms with van der Waals surface area (Å²) in [6.07, 6.45) is 1.81. The van der Waals surface area contributed by atoms with Crippen LogP contribution in [0.5, 0.6) is 5.75 Å². The van der Waals surface area contributed by atoms with Gasteiger partial charge in [0.05, 0.1) is 10.6 Å². The standard InChI is InChI=1S/C29H24N2O3S/c1-20-17-23(18-27-28(32)31(29(33)35-27)24-11-7-4-8-12-24)21(2)30(20)25-13-15-26(16-14-25)34-19-22-9-5-3-6-10-22/h3-18H,19H2,1-2H3/b27-18-. The molecule has 0 N–H and O–H groups in total. The number of para-hydroxylation sites is 1. The van der Waals surface area contributed by atoms with Crippen molar-refractivity contribution in [2.75, 3.05) is 4.90 Å². The Bertz CT molecular complexity index is 1410. The molecule has 1 aliphatic heterocycles. The minimum atomic E-state index is -0.295. The number of carbonyl (C=O) groups excluding carboxylic acids is 2. The van der Waals surface area contributed by atoms with Gasteiger partial charge in [0.25, 0.3) is 11.1 Å². The largest absolute Gasteiger partial charge is 0.489 e. The molecule has 0 unspecified atom stereocenters. The van der Waals surface area contributed by atoms with E-state index < -0.39 is 0 Å². The van der Waals surface area contributed by atoms with Gasteiger partial charge in [-0.3, -0.25) is 9.59 Å². The molecule has 6 heteroatoms. The number of carbonyl (C=O) groups is 2. The number of hydrogen-bond acceptors (Lipinski definition) is 4. The molecule has 2 amide bonds. The van der Waals surface area contributed by atoms with Crippen LogP contribution in [0.4, 0.5) is 10.5 Å². The van der Waals surface area contributed by atoms with Crippen LogP contribution in [0.25, 0.3) is 11.8 Å². The van der Waals surface area contributed by atoms with Gasteiger partial charge in [-0.25, -0.2) is 4.90 Å². The average molecular weight is 481 g/mol. The van der Waals surface area contributed by atoms with E-state index in [-0.39, 0.29) is 11.1 Å². The molecule has 2 heterocycles. The van der Waals surface area contributed by atoms with E-state index in [1.807, 2.05) is 98.8 Å². The Kier molecular flexibility index (Phi) is 6.29. The summed E-state index contributed by atoms with van der Waals surface area (Å²) >= 11 is 0.969. The minimum Gasteiger partial charge on any atom is -0.489 e. The van der Waals surface area contributed by atoms with Crippen LogP contribution in [-0.2, 0) is 11.4 Å². The summed E-state index contributed by atoms with van der Waals surface area (Å²) in [7, 11) is 0. The van der Waals surface area contributed by atoms with E-state index in [0.29, 0.717) is 17.2 Å². The number of benzene rings is 3. The first-order chi connectivity index (χ1) is 17.0. The SMILES string of the molecule is Cc1cc(/C=C2\SC(=O)N(c3ccccc3)C2=O)c(C)n1-c1ccc(OCc2ccccc2)cc1. The highest BCUT2D eigenvalue weighted by Crippen LogP contribution is 2.36. The lowest BCUT2D eigenvalue weighted by Gasteiger charge is -2.12. The number of amides is 2. The van der Waals surface area contributed by atoms with Crippen LogP contribution in [0.1, 0.15) is 22.5 Å². The number of rotatable bonds is 6. The Morgan fingerprint density at radius 1 is 0.829 bits per heavy atom. The fourth-order valence-electron chi connectivity index (χ4n) is 4.17. The molecule has 0 saturated carbocycles. The fourth-order valence-corrected chi connectivity index (χ4v) is 5.00. The molecule has 0 spiro atoms. The predicted molar refractivity (Wildman–Crippen MR) is 141 cm³/mol. The molecular formula is C29H24N2O3S. The number of aryl methyl sites for hydroxylation is 1. The number of ether oxygens (including phenoxy) is 1. The van der Waals surface area contributed by atoms with Crippen molar-refractivity contribution in [1.82, 2.24) is 4.57 Å². The van der Waals surface area contributed by atoms with Crippen LogP contribution in [0.2, 0.25) is 0 Å². The Balaban J connectivity index is 1.36. The zero-order valence-electron chi connectivity index (χ0n) is 19.5. The molecule has 4 aromatic rings. The Hall–Kier alpha value is -4.03. The van der Waals surface area contributed by atoms with Crippen molar-refractivity contribution < 1.29 is 14.3 Å². The second kappa shape index (κ2) is 9.68. The second-order valence-electron chi connectivity index (χ2n) is 8.28. The van der Waals surface area contributed by atoms with Gasteiger partial charge in [0.15, 0.2) is 0 Å². The summed E-state index contributed by atoms with van der Waals surface area (Å²) in [4.78, 5) is 27.2. The second-order valence-corrected chi connectivity index (χ2v) is 9.28. The first kappa shape index (κ1) is 22.7. The van der Waals surface area contributed by atoms with Gasteiger partial charge >= 0.3 is 0 Å². The monoisotopic (exact) mass is 480 g/mol. The van der Waals surface area contributed by atoms with Gasteiger partial charge in [-0.15, -0.1) is 0 Å². The van der Waals surface area contributed by atoms with Gasteiger partial charge in [0, 0.05) is 17.1 Å². The first-order valence-corrected chi connectivity index (χ1v) is 12.1. The van der Waals surface area contributed by atoms with Crippen LogP contribution in [0.3, 0.4) is 0 Å². The first-order valence-electron chi connectivity index (χ1n) is 11.3. The van der Waals surface area contributed by atoms with Gasteiger partial charge < -0.3 is 9.30 Å². The molecule has 0 bridgehead atoms. The Morgan fingerprint density at radius 3 is 2.17 bits per heavy atom.